The minimum Gasteiger partial charge on any atom is -0.352 e. The molecule has 0 aliphatic heterocycles. The molecule has 0 aliphatic rings. The molecule has 0 saturated heterocycles. The number of carbonyl (C=O) groups is 2. The number of aryl methyl sites for hydroxylation is 2. The fraction of sp³-hybridized carbons (Fsp3) is 0.417. The van der Waals surface area contributed by atoms with Gasteiger partial charge in [-0.3, -0.25) is 13.9 Å². The van der Waals surface area contributed by atoms with Crippen molar-refractivity contribution in [3.63, 3.8) is 0 Å². The summed E-state index contributed by atoms with van der Waals surface area (Å²) in [5, 5.41) is 2.83. The molecule has 0 radical (unpaired) electrons. The summed E-state index contributed by atoms with van der Waals surface area (Å²) in [6, 6.07) is 11.9. The van der Waals surface area contributed by atoms with Gasteiger partial charge >= 0.3 is 0 Å². The molecule has 0 unspecified atom stereocenters. The van der Waals surface area contributed by atoms with Crippen molar-refractivity contribution in [2.75, 3.05) is 17.1 Å². The Morgan fingerprint density at radius 2 is 1.55 bits per heavy atom. The van der Waals surface area contributed by atoms with Crippen LogP contribution in [0.1, 0.15) is 37.5 Å². The third-order valence-electron chi connectivity index (χ3n) is 5.04. The van der Waals surface area contributed by atoms with Crippen LogP contribution in [0.15, 0.2) is 46.9 Å². The number of rotatable bonds is 9. The van der Waals surface area contributed by atoms with Crippen molar-refractivity contribution in [1.29, 1.82) is 0 Å². The second-order valence-corrected chi connectivity index (χ2v) is 11.4. The molecule has 33 heavy (non-hydrogen) atoms. The summed E-state index contributed by atoms with van der Waals surface area (Å²) in [5.74, 6) is -0.762. The Kier molecular flexibility index (Phi) is 9.08. The van der Waals surface area contributed by atoms with Gasteiger partial charge in [0.05, 0.1) is 11.9 Å². The van der Waals surface area contributed by atoms with Crippen molar-refractivity contribution >= 4 is 43.5 Å². The van der Waals surface area contributed by atoms with Crippen LogP contribution in [0.25, 0.3) is 0 Å². The number of benzene rings is 2. The summed E-state index contributed by atoms with van der Waals surface area (Å²) >= 11 is 3.39. The third-order valence-corrected chi connectivity index (χ3v) is 6.71. The lowest BCUT2D eigenvalue weighted by molar-refractivity contribution is -0.139. The highest BCUT2D eigenvalue weighted by molar-refractivity contribution is 9.10. The van der Waals surface area contributed by atoms with Gasteiger partial charge in [0.15, 0.2) is 0 Å². The van der Waals surface area contributed by atoms with Crippen LogP contribution in [0.4, 0.5) is 5.69 Å². The maximum atomic E-state index is 13.5. The summed E-state index contributed by atoms with van der Waals surface area (Å²) in [7, 11) is -3.74. The number of hydrogen-bond acceptors (Lipinski definition) is 4. The van der Waals surface area contributed by atoms with Gasteiger partial charge in [0.25, 0.3) is 0 Å². The Balaban J connectivity index is 2.41. The molecule has 2 amide bonds. The molecule has 0 fully saturated rings. The first-order chi connectivity index (χ1) is 15.3. The molecule has 2 aromatic carbocycles. The predicted octanol–water partition coefficient (Wildman–Crippen LogP) is 3.77. The number of hydrogen-bond donors (Lipinski definition) is 1. The first kappa shape index (κ1) is 26.9. The third kappa shape index (κ3) is 7.85. The van der Waals surface area contributed by atoms with Crippen LogP contribution in [0, 0.1) is 13.8 Å². The number of carbonyl (C=O) groups excluding carboxylic acids is 2. The highest BCUT2D eigenvalue weighted by Crippen LogP contribution is 2.22. The molecular weight excluding hydrogens is 506 g/mol. The van der Waals surface area contributed by atoms with Gasteiger partial charge in [0, 0.05) is 17.1 Å². The molecule has 1 N–H and O–H groups in total. The lowest BCUT2D eigenvalue weighted by atomic mass is 10.1. The lowest BCUT2D eigenvalue weighted by Gasteiger charge is -2.32. The normalized spacial score (nSPS) is 12.4. The Labute approximate surface area is 205 Å². The second-order valence-electron chi connectivity index (χ2n) is 8.60. The van der Waals surface area contributed by atoms with Gasteiger partial charge in [-0.1, -0.05) is 34.1 Å². The zero-order valence-corrected chi connectivity index (χ0v) is 22.3. The topological polar surface area (TPSA) is 86.8 Å². The molecule has 0 spiro atoms. The summed E-state index contributed by atoms with van der Waals surface area (Å²) in [4.78, 5) is 27.6. The molecule has 1 atom stereocenters. The van der Waals surface area contributed by atoms with E-state index in [9.17, 15) is 18.0 Å². The van der Waals surface area contributed by atoms with E-state index >= 15 is 0 Å². The van der Waals surface area contributed by atoms with Crippen LogP contribution in [0.3, 0.4) is 0 Å². The fourth-order valence-electron chi connectivity index (χ4n) is 3.48. The Morgan fingerprint density at radius 3 is 2.03 bits per heavy atom. The van der Waals surface area contributed by atoms with Crippen molar-refractivity contribution in [2.24, 2.45) is 0 Å². The van der Waals surface area contributed by atoms with Gasteiger partial charge in [-0.15, -0.1) is 0 Å². The number of anilines is 1. The average Bonchev–Trinajstić information content (AvgIpc) is 2.68. The van der Waals surface area contributed by atoms with Crippen LogP contribution in [-0.4, -0.2) is 50.0 Å². The van der Waals surface area contributed by atoms with Crippen LogP contribution < -0.4 is 9.62 Å². The minimum atomic E-state index is -3.74. The summed E-state index contributed by atoms with van der Waals surface area (Å²) < 4.78 is 27.2. The van der Waals surface area contributed by atoms with Crippen LogP contribution >= 0.6 is 15.9 Å². The SMILES string of the molecule is Cc1cc(C)cc(N(CC(=O)N(Cc2ccc(Br)cc2)[C@H](C)C(=O)NC(C)C)S(C)(=O)=O)c1. The molecule has 0 aromatic heterocycles. The molecule has 2 rings (SSSR count). The van der Waals surface area contributed by atoms with Gasteiger partial charge in [0.2, 0.25) is 21.8 Å². The number of halogens is 1. The maximum Gasteiger partial charge on any atom is 0.244 e. The zero-order chi connectivity index (χ0) is 24.9. The Hall–Kier alpha value is -2.39. The largest absolute Gasteiger partial charge is 0.352 e. The highest BCUT2D eigenvalue weighted by Gasteiger charge is 2.30. The number of sulfonamides is 1. The van der Waals surface area contributed by atoms with Gasteiger partial charge in [-0.05, 0) is 75.6 Å². The standard InChI is InChI=1S/C24H32BrN3O4S/c1-16(2)26-24(30)19(5)27(14-20-7-9-21(25)10-8-20)23(29)15-28(33(6,31)32)22-12-17(3)11-18(4)13-22/h7-13,16,19H,14-15H2,1-6H3,(H,26,30)/t19-/m1/s1. The summed E-state index contributed by atoms with van der Waals surface area (Å²) in [5.41, 5.74) is 3.03. The molecular formula is C24H32BrN3O4S. The van der Waals surface area contributed by atoms with Crippen molar-refractivity contribution in [3.8, 4) is 0 Å². The number of amides is 2. The quantitative estimate of drug-likeness (QED) is 0.527. The Morgan fingerprint density at radius 1 is 1.00 bits per heavy atom. The highest BCUT2D eigenvalue weighted by atomic mass is 79.9. The predicted molar refractivity (Wildman–Crippen MR) is 136 cm³/mol. The molecule has 0 bridgehead atoms. The van der Waals surface area contributed by atoms with Gasteiger partial charge in [0.1, 0.15) is 12.6 Å². The van der Waals surface area contributed by atoms with Gasteiger partial charge < -0.3 is 10.2 Å². The fourth-order valence-corrected chi connectivity index (χ4v) is 4.58. The maximum absolute atomic E-state index is 13.5. The van der Waals surface area contributed by atoms with E-state index in [2.05, 4.69) is 21.2 Å². The molecule has 0 aliphatic carbocycles. The first-order valence-corrected chi connectivity index (χ1v) is 13.3. The van der Waals surface area contributed by atoms with Crippen molar-refractivity contribution in [1.82, 2.24) is 10.2 Å². The van der Waals surface area contributed by atoms with Crippen LogP contribution in [-0.2, 0) is 26.2 Å². The summed E-state index contributed by atoms with van der Waals surface area (Å²) in [6.07, 6.45) is 1.08. The van der Waals surface area contributed by atoms with E-state index in [4.69, 9.17) is 0 Å². The van der Waals surface area contributed by atoms with Crippen LogP contribution in [0.5, 0.6) is 0 Å². The molecule has 0 heterocycles. The van der Waals surface area contributed by atoms with E-state index in [0.717, 1.165) is 31.7 Å². The number of nitrogens with one attached hydrogen (secondary N) is 1. The molecule has 0 saturated carbocycles. The van der Waals surface area contributed by atoms with Crippen molar-refractivity contribution in [3.05, 3.63) is 63.6 Å². The smallest absolute Gasteiger partial charge is 0.244 e. The monoisotopic (exact) mass is 537 g/mol. The minimum absolute atomic E-state index is 0.0904. The van der Waals surface area contributed by atoms with E-state index in [0.29, 0.717) is 5.69 Å². The number of nitrogens with zero attached hydrogens (tertiary/aromatic N) is 2. The van der Waals surface area contributed by atoms with Crippen molar-refractivity contribution < 1.29 is 18.0 Å². The van der Waals surface area contributed by atoms with Gasteiger partial charge in [-0.25, -0.2) is 8.42 Å². The van der Waals surface area contributed by atoms with Crippen LogP contribution in [0.2, 0.25) is 0 Å². The molecule has 7 nitrogen and oxygen atoms in total. The van der Waals surface area contributed by atoms with E-state index in [1.54, 1.807) is 19.1 Å². The van der Waals surface area contributed by atoms with E-state index < -0.39 is 28.5 Å². The lowest BCUT2D eigenvalue weighted by Crippen LogP contribution is -2.52. The molecule has 180 valence electrons. The van der Waals surface area contributed by atoms with Crippen molar-refractivity contribution in [2.45, 2.75) is 53.2 Å². The molecule has 9 heteroatoms. The van der Waals surface area contributed by atoms with E-state index in [1.807, 2.05) is 58.0 Å². The Bertz CT molecular complexity index is 1080. The second kappa shape index (κ2) is 11.2. The average molecular weight is 539 g/mol. The van der Waals surface area contributed by atoms with E-state index in [1.165, 1.54) is 4.90 Å². The van der Waals surface area contributed by atoms with Gasteiger partial charge in [-0.2, -0.15) is 0 Å². The molecule has 2 aromatic rings. The zero-order valence-electron chi connectivity index (χ0n) is 19.9. The first-order valence-electron chi connectivity index (χ1n) is 10.7. The summed E-state index contributed by atoms with van der Waals surface area (Å²) in [6.45, 7) is 8.85. The van der Waals surface area contributed by atoms with E-state index in [-0.39, 0.29) is 18.5 Å².